The normalized spacial score (nSPS) is 21.6. The highest BCUT2D eigenvalue weighted by molar-refractivity contribution is 7.58. The van der Waals surface area contributed by atoms with Crippen LogP contribution in [0.25, 0.3) is 0 Å². The smallest absolute Gasteiger partial charge is 0.0829 e. The molecule has 1 saturated heterocycles. The van der Waals surface area contributed by atoms with Crippen molar-refractivity contribution in [2.45, 2.75) is 30.3 Å². The molecule has 1 aliphatic rings. The third-order valence-electron chi connectivity index (χ3n) is 5.45. The molecule has 1 N–H and O–H groups in total. The SMILES string of the molecule is O[C@H](CP1[C@@H](c2ccccc2)CC[C@@H]1c1ccccc1)c1ccccc1. The zero-order chi connectivity index (χ0) is 17.8. The molecule has 0 radical (unpaired) electrons. The molecule has 0 spiro atoms. The Morgan fingerprint density at radius 2 is 1.12 bits per heavy atom. The van der Waals surface area contributed by atoms with E-state index in [9.17, 15) is 5.11 Å². The summed E-state index contributed by atoms with van der Waals surface area (Å²) in [6, 6.07) is 32.0. The first-order valence-electron chi connectivity index (χ1n) is 9.41. The van der Waals surface area contributed by atoms with E-state index in [1.165, 1.54) is 24.0 Å². The van der Waals surface area contributed by atoms with Crippen LogP contribution in [0.15, 0.2) is 91.0 Å². The molecule has 1 fully saturated rings. The van der Waals surface area contributed by atoms with Gasteiger partial charge in [0.15, 0.2) is 0 Å². The second kappa shape index (κ2) is 8.16. The van der Waals surface area contributed by atoms with Crippen LogP contribution in [0.5, 0.6) is 0 Å². The Labute approximate surface area is 157 Å². The number of benzene rings is 3. The van der Waals surface area contributed by atoms with Crippen molar-refractivity contribution in [3.63, 3.8) is 0 Å². The van der Waals surface area contributed by atoms with E-state index >= 15 is 0 Å². The van der Waals surface area contributed by atoms with Gasteiger partial charge in [-0.15, -0.1) is 0 Å². The standard InChI is InChI=1S/C24H25OP/c25-22(19-10-4-1-5-11-19)18-26-23(20-12-6-2-7-13-20)16-17-24(26)21-14-8-3-9-15-21/h1-15,22-25H,16-18H2/t22-,23-,24-/m1/s1. The lowest BCUT2D eigenvalue weighted by molar-refractivity contribution is 0.202. The molecule has 0 bridgehead atoms. The van der Waals surface area contributed by atoms with E-state index in [1.807, 2.05) is 30.3 Å². The first-order chi connectivity index (χ1) is 12.8. The molecule has 1 nitrogen and oxygen atoms in total. The molecular formula is C24H25OP. The van der Waals surface area contributed by atoms with Gasteiger partial charge in [0.1, 0.15) is 0 Å². The van der Waals surface area contributed by atoms with E-state index in [0.717, 1.165) is 11.7 Å². The van der Waals surface area contributed by atoms with Crippen LogP contribution in [0.1, 0.15) is 47.0 Å². The lowest BCUT2D eigenvalue weighted by Crippen LogP contribution is -2.06. The molecule has 0 amide bonds. The van der Waals surface area contributed by atoms with Crippen LogP contribution in [0, 0.1) is 0 Å². The third-order valence-corrected chi connectivity index (χ3v) is 8.93. The van der Waals surface area contributed by atoms with Crippen molar-refractivity contribution in [2.75, 3.05) is 6.16 Å². The lowest BCUT2D eigenvalue weighted by Gasteiger charge is -2.29. The zero-order valence-electron chi connectivity index (χ0n) is 14.9. The van der Waals surface area contributed by atoms with Gasteiger partial charge < -0.3 is 5.11 Å². The first kappa shape index (κ1) is 17.5. The average Bonchev–Trinajstić information content (AvgIpc) is 3.13. The second-order valence-electron chi connectivity index (χ2n) is 7.05. The molecule has 0 unspecified atom stereocenters. The van der Waals surface area contributed by atoms with Crippen molar-refractivity contribution < 1.29 is 5.11 Å². The first-order valence-corrected chi connectivity index (χ1v) is 11.1. The van der Waals surface area contributed by atoms with Crippen molar-refractivity contribution in [1.82, 2.24) is 0 Å². The van der Waals surface area contributed by atoms with E-state index < -0.39 is 0 Å². The Morgan fingerprint density at radius 1 is 0.692 bits per heavy atom. The third kappa shape index (κ3) is 3.75. The Balaban J connectivity index is 1.63. The van der Waals surface area contributed by atoms with Crippen molar-refractivity contribution in [3.8, 4) is 0 Å². The monoisotopic (exact) mass is 360 g/mol. The van der Waals surface area contributed by atoms with Gasteiger partial charge in [-0.1, -0.05) is 98.9 Å². The van der Waals surface area contributed by atoms with Crippen LogP contribution >= 0.6 is 7.92 Å². The fourth-order valence-electron chi connectivity index (χ4n) is 4.17. The molecule has 2 heteroatoms. The van der Waals surface area contributed by atoms with Crippen molar-refractivity contribution in [3.05, 3.63) is 108 Å². The van der Waals surface area contributed by atoms with Crippen LogP contribution in [-0.4, -0.2) is 11.3 Å². The Bertz CT molecular complexity index is 756. The van der Waals surface area contributed by atoms with Gasteiger partial charge in [0.05, 0.1) is 6.10 Å². The summed E-state index contributed by atoms with van der Waals surface area (Å²) in [4.78, 5) is 0. The number of aliphatic hydroxyl groups excluding tert-OH is 1. The van der Waals surface area contributed by atoms with Gasteiger partial charge in [-0.2, -0.15) is 0 Å². The molecule has 1 heterocycles. The van der Waals surface area contributed by atoms with Gasteiger partial charge >= 0.3 is 0 Å². The quantitative estimate of drug-likeness (QED) is 0.516. The minimum atomic E-state index is -0.377. The van der Waals surface area contributed by atoms with E-state index in [0.29, 0.717) is 11.3 Å². The van der Waals surface area contributed by atoms with Gasteiger partial charge in [0.25, 0.3) is 0 Å². The fourth-order valence-corrected chi connectivity index (χ4v) is 7.79. The van der Waals surface area contributed by atoms with Crippen LogP contribution in [0.4, 0.5) is 0 Å². The van der Waals surface area contributed by atoms with Crippen LogP contribution in [-0.2, 0) is 0 Å². The predicted molar refractivity (Wildman–Crippen MR) is 111 cm³/mol. The molecule has 132 valence electrons. The van der Waals surface area contributed by atoms with Crippen molar-refractivity contribution >= 4 is 7.92 Å². The van der Waals surface area contributed by atoms with Gasteiger partial charge in [0, 0.05) is 11.3 Å². The Morgan fingerprint density at radius 3 is 1.58 bits per heavy atom. The summed E-state index contributed by atoms with van der Waals surface area (Å²) in [5.74, 6) is 0. The summed E-state index contributed by atoms with van der Waals surface area (Å²) in [5.41, 5.74) is 5.08. The molecule has 3 aromatic carbocycles. The molecule has 3 aromatic rings. The number of aliphatic hydroxyl groups is 1. The number of hydrogen-bond acceptors (Lipinski definition) is 1. The number of rotatable bonds is 5. The lowest BCUT2D eigenvalue weighted by atomic mass is 10.0. The maximum Gasteiger partial charge on any atom is 0.0829 e. The topological polar surface area (TPSA) is 20.2 Å². The van der Waals surface area contributed by atoms with E-state index in [4.69, 9.17) is 0 Å². The maximum absolute atomic E-state index is 10.9. The van der Waals surface area contributed by atoms with E-state index in [1.54, 1.807) is 0 Å². The predicted octanol–water partition coefficient (Wildman–Crippen LogP) is 6.48. The summed E-state index contributed by atoms with van der Waals surface area (Å²) in [6.45, 7) is 0. The molecule has 0 aliphatic carbocycles. The fraction of sp³-hybridized carbons (Fsp3) is 0.250. The highest BCUT2D eigenvalue weighted by Crippen LogP contribution is 2.71. The van der Waals surface area contributed by atoms with Gasteiger partial charge in [0.2, 0.25) is 0 Å². The molecule has 4 rings (SSSR count). The summed E-state index contributed by atoms with van der Waals surface area (Å²) >= 11 is 0. The molecule has 26 heavy (non-hydrogen) atoms. The molecule has 0 aromatic heterocycles. The summed E-state index contributed by atoms with van der Waals surface area (Å²) < 4.78 is 0. The molecule has 3 atom stereocenters. The summed E-state index contributed by atoms with van der Waals surface area (Å²) in [7, 11) is -0.338. The highest BCUT2D eigenvalue weighted by atomic mass is 31.1. The molecule has 0 saturated carbocycles. The highest BCUT2D eigenvalue weighted by Gasteiger charge is 2.38. The molecular weight excluding hydrogens is 335 g/mol. The zero-order valence-corrected chi connectivity index (χ0v) is 15.8. The number of hydrogen-bond donors (Lipinski definition) is 1. The van der Waals surface area contributed by atoms with Crippen molar-refractivity contribution in [2.24, 2.45) is 0 Å². The van der Waals surface area contributed by atoms with E-state index in [2.05, 4.69) is 60.7 Å². The summed E-state index contributed by atoms with van der Waals surface area (Å²) in [6.07, 6.45) is 2.93. The van der Waals surface area contributed by atoms with Crippen LogP contribution in [0.2, 0.25) is 0 Å². The second-order valence-corrected chi connectivity index (χ2v) is 9.69. The van der Waals surface area contributed by atoms with Crippen LogP contribution in [0.3, 0.4) is 0 Å². The van der Waals surface area contributed by atoms with Gasteiger partial charge in [-0.25, -0.2) is 0 Å². The minimum absolute atomic E-state index is 0.338. The molecule has 1 aliphatic heterocycles. The average molecular weight is 360 g/mol. The van der Waals surface area contributed by atoms with Gasteiger partial charge in [-0.3, -0.25) is 0 Å². The summed E-state index contributed by atoms with van der Waals surface area (Å²) in [5, 5.41) is 10.9. The van der Waals surface area contributed by atoms with Crippen molar-refractivity contribution in [1.29, 1.82) is 0 Å². The Hall–Kier alpha value is -1.95. The van der Waals surface area contributed by atoms with Gasteiger partial charge in [-0.05, 0) is 35.7 Å². The van der Waals surface area contributed by atoms with E-state index in [-0.39, 0.29) is 14.0 Å². The Kier molecular flexibility index (Phi) is 5.48. The largest absolute Gasteiger partial charge is 0.388 e. The van der Waals surface area contributed by atoms with Crippen LogP contribution < -0.4 is 0 Å². The minimum Gasteiger partial charge on any atom is -0.388 e. The maximum atomic E-state index is 10.9.